The van der Waals surface area contributed by atoms with Gasteiger partial charge in [-0.2, -0.15) is 0 Å². The normalized spacial score (nSPS) is 41.6. The van der Waals surface area contributed by atoms with E-state index in [-0.39, 0.29) is 5.54 Å². The van der Waals surface area contributed by atoms with Crippen molar-refractivity contribution in [3.8, 4) is 0 Å². The zero-order valence-electron chi connectivity index (χ0n) is 11.6. The van der Waals surface area contributed by atoms with Gasteiger partial charge in [0, 0.05) is 12.1 Å². The lowest BCUT2D eigenvalue weighted by atomic mass is 9.80. The fourth-order valence-electron chi connectivity index (χ4n) is 3.68. The first-order valence-corrected chi connectivity index (χ1v) is 7.16. The average molecular weight is 240 g/mol. The topological polar surface area (TPSA) is 38.5 Å². The van der Waals surface area contributed by atoms with Crippen molar-refractivity contribution < 1.29 is 4.74 Å². The third-order valence-corrected chi connectivity index (χ3v) is 4.63. The predicted molar refractivity (Wildman–Crippen MR) is 71.0 cm³/mol. The van der Waals surface area contributed by atoms with E-state index >= 15 is 0 Å². The van der Waals surface area contributed by atoms with Gasteiger partial charge < -0.3 is 10.5 Å². The van der Waals surface area contributed by atoms with Crippen LogP contribution in [0.3, 0.4) is 0 Å². The van der Waals surface area contributed by atoms with Gasteiger partial charge in [0.05, 0.1) is 12.2 Å². The van der Waals surface area contributed by atoms with E-state index in [2.05, 4.69) is 25.7 Å². The summed E-state index contributed by atoms with van der Waals surface area (Å²) >= 11 is 0. The quantitative estimate of drug-likeness (QED) is 0.802. The summed E-state index contributed by atoms with van der Waals surface area (Å²) in [6.45, 7) is 9.95. The van der Waals surface area contributed by atoms with Gasteiger partial charge in [0.1, 0.15) is 0 Å². The van der Waals surface area contributed by atoms with Crippen LogP contribution in [0.4, 0.5) is 0 Å². The van der Waals surface area contributed by atoms with Crippen molar-refractivity contribution in [1.29, 1.82) is 0 Å². The van der Waals surface area contributed by atoms with Crippen LogP contribution in [0.2, 0.25) is 0 Å². The van der Waals surface area contributed by atoms with Crippen molar-refractivity contribution in [2.75, 3.05) is 19.6 Å². The van der Waals surface area contributed by atoms with E-state index in [1.807, 2.05) is 0 Å². The van der Waals surface area contributed by atoms with Crippen LogP contribution in [-0.2, 0) is 4.74 Å². The van der Waals surface area contributed by atoms with Crippen molar-refractivity contribution in [2.24, 2.45) is 11.7 Å². The molecular formula is C14H28N2O. The Morgan fingerprint density at radius 3 is 2.12 bits per heavy atom. The molecule has 0 aromatic heterocycles. The third kappa shape index (κ3) is 2.83. The number of likely N-dealkylation sites (tertiary alicyclic amines) is 1. The van der Waals surface area contributed by atoms with Crippen LogP contribution in [-0.4, -0.2) is 42.3 Å². The third-order valence-electron chi connectivity index (χ3n) is 4.63. The van der Waals surface area contributed by atoms with Crippen LogP contribution in [0.5, 0.6) is 0 Å². The second kappa shape index (κ2) is 5.25. The maximum atomic E-state index is 6.13. The Kier molecular flexibility index (Phi) is 4.11. The van der Waals surface area contributed by atoms with E-state index in [1.54, 1.807) is 0 Å². The molecule has 0 radical (unpaired) electrons. The lowest BCUT2D eigenvalue weighted by molar-refractivity contribution is -0.108. The first-order chi connectivity index (χ1) is 8.05. The Morgan fingerprint density at radius 1 is 1.12 bits per heavy atom. The van der Waals surface area contributed by atoms with Crippen LogP contribution in [0.25, 0.3) is 0 Å². The van der Waals surface area contributed by atoms with Gasteiger partial charge in [-0.05, 0) is 58.5 Å². The summed E-state index contributed by atoms with van der Waals surface area (Å²) in [5, 5.41) is 0. The summed E-state index contributed by atoms with van der Waals surface area (Å²) in [5.41, 5.74) is 6.34. The number of nitrogens with zero attached hydrogens (tertiary/aromatic N) is 1. The molecule has 2 rings (SSSR count). The molecule has 2 saturated heterocycles. The van der Waals surface area contributed by atoms with Crippen LogP contribution >= 0.6 is 0 Å². The number of nitrogens with two attached hydrogens (primary N) is 1. The van der Waals surface area contributed by atoms with E-state index in [4.69, 9.17) is 10.5 Å². The van der Waals surface area contributed by atoms with Crippen molar-refractivity contribution in [3.05, 3.63) is 0 Å². The molecule has 0 saturated carbocycles. The highest BCUT2D eigenvalue weighted by Crippen LogP contribution is 2.35. The molecule has 3 heteroatoms. The highest BCUT2D eigenvalue weighted by molar-refractivity contribution is 4.98. The van der Waals surface area contributed by atoms with Crippen LogP contribution in [0, 0.1) is 5.92 Å². The zero-order valence-corrected chi connectivity index (χ0v) is 11.6. The van der Waals surface area contributed by atoms with E-state index in [9.17, 15) is 0 Å². The average Bonchev–Trinajstić information content (AvgIpc) is 2.28. The van der Waals surface area contributed by atoms with Crippen LogP contribution < -0.4 is 5.73 Å². The molecular weight excluding hydrogens is 212 g/mol. The molecule has 100 valence electrons. The molecule has 2 atom stereocenters. The Morgan fingerprint density at radius 2 is 1.65 bits per heavy atom. The summed E-state index contributed by atoms with van der Waals surface area (Å²) in [7, 11) is 0. The molecule has 2 heterocycles. The minimum atomic E-state index is 0.206. The second-order valence-corrected chi connectivity index (χ2v) is 6.26. The molecule has 0 aromatic carbocycles. The van der Waals surface area contributed by atoms with Gasteiger partial charge >= 0.3 is 0 Å². The monoisotopic (exact) mass is 240 g/mol. The SMILES string of the molecule is CC1CCN(C2(CN)CC(C)OC(C)C2)CC1. The highest BCUT2D eigenvalue weighted by atomic mass is 16.5. The molecule has 0 spiro atoms. The van der Waals surface area contributed by atoms with Crippen LogP contribution in [0.1, 0.15) is 46.5 Å². The van der Waals surface area contributed by atoms with Crippen molar-refractivity contribution in [3.63, 3.8) is 0 Å². The number of hydrogen-bond acceptors (Lipinski definition) is 3. The van der Waals surface area contributed by atoms with Gasteiger partial charge in [-0.1, -0.05) is 6.92 Å². The highest BCUT2D eigenvalue weighted by Gasteiger charge is 2.42. The van der Waals surface area contributed by atoms with Gasteiger partial charge in [-0.25, -0.2) is 0 Å². The first-order valence-electron chi connectivity index (χ1n) is 7.16. The lowest BCUT2D eigenvalue weighted by Crippen LogP contribution is -2.61. The van der Waals surface area contributed by atoms with Crippen LogP contribution in [0.15, 0.2) is 0 Å². The molecule has 0 bridgehead atoms. The lowest BCUT2D eigenvalue weighted by Gasteiger charge is -2.51. The van der Waals surface area contributed by atoms with Gasteiger partial charge in [0.25, 0.3) is 0 Å². The summed E-state index contributed by atoms with van der Waals surface area (Å²) in [6.07, 6.45) is 5.55. The number of hydrogen-bond donors (Lipinski definition) is 1. The standard InChI is InChI=1S/C14H28N2O/c1-11-4-6-16(7-5-11)14(10-15)8-12(2)17-13(3)9-14/h11-13H,4-10,15H2,1-3H3. The van der Waals surface area contributed by atoms with Gasteiger partial charge in [0.15, 0.2) is 0 Å². The number of rotatable bonds is 2. The van der Waals surface area contributed by atoms with Crippen molar-refractivity contribution in [1.82, 2.24) is 4.90 Å². The van der Waals surface area contributed by atoms with Gasteiger partial charge in [0.2, 0.25) is 0 Å². The predicted octanol–water partition coefficient (Wildman–Crippen LogP) is 2.00. The molecule has 3 nitrogen and oxygen atoms in total. The fraction of sp³-hybridized carbons (Fsp3) is 1.00. The number of piperidine rings is 1. The van der Waals surface area contributed by atoms with Gasteiger partial charge in [-0.15, -0.1) is 0 Å². The Hall–Kier alpha value is -0.120. The molecule has 17 heavy (non-hydrogen) atoms. The summed E-state index contributed by atoms with van der Waals surface area (Å²) in [6, 6.07) is 0. The molecule has 2 aliphatic rings. The molecule has 2 aliphatic heterocycles. The summed E-state index contributed by atoms with van der Waals surface area (Å²) in [4.78, 5) is 2.66. The van der Waals surface area contributed by atoms with Gasteiger partial charge in [-0.3, -0.25) is 4.90 Å². The van der Waals surface area contributed by atoms with Crippen molar-refractivity contribution in [2.45, 2.75) is 64.2 Å². The Balaban J connectivity index is 2.07. The minimum Gasteiger partial charge on any atom is -0.375 e. The molecule has 0 aromatic rings. The largest absolute Gasteiger partial charge is 0.375 e. The summed E-state index contributed by atoms with van der Waals surface area (Å²) < 4.78 is 5.87. The molecule has 2 N–H and O–H groups in total. The Bertz CT molecular complexity index is 239. The maximum absolute atomic E-state index is 6.13. The molecule has 2 fully saturated rings. The molecule has 2 unspecified atom stereocenters. The van der Waals surface area contributed by atoms with E-state index in [0.717, 1.165) is 25.3 Å². The van der Waals surface area contributed by atoms with Crippen molar-refractivity contribution >= 4 is 0 Å². The molecule has 0 aliphatic carbocycles. The fourth-order valence-corrected chi connectivity index (χ4v) is 3.68. The second-order valence-electron chi connectivity index (χ2n) is 6.26. The molecule has 0 amide bonds. The van der Waals surface area contributed by atoms with E-state index in [0.29, 0.717) is 12.2 Å². The van der Waals surface area contributed by atoms with E-state index in [1.165, 1.54) is 25.9 Å². The first kappa shape index (κ1) is 13.3. The number of ether oxygens (including phenoxy) is 1. The minimum absolute atomic E-state index is 0.206. The summed E-state index contributed by atoms with van der Waals surface area (Å²) in [5.74, 6) is 0.885. The Labute approximate surface area is 106 Å². The smallest absolute Gasteiger partial charge is 0.0568 e. The van der Waals surface area contributed by atoms with E-state index < -0.39 is 0 Å². The maximum Gasteiger partial charge on any atom is 0.0568 e. The zero-order chi connectivity index (χ0) is 12.5.